The average Bonchev–Trinajstić information content (AvgIpc) is 2.50. The molecule has 1 aliphatic rings. The molecule has 1 saturated carbocycles. The van der Waals surface area contributed by atoms with Gasteiger partial charge in [0.1, 0.15) is 0 Å². The van der Waals surface area contributed by atoms with Crippen molar-refractivity contribution in [3.8, 4) is 0 Å². The first-order chi connectivity index (χ1) is 6.88. The van der Waals surface area contributed by atoms with Crippen LogP contribution >= 0.6 is 0 Å². The first-order valence-electron chi connectivity index (χ1n) is 6.09. The Morgan fingerprint density at radius 3 is 2.33 bits per heavy atom. The quantitative estimate of drug-likeness (QED) is 0.669. The summed E-state index contributed by atoms with van der Waals surface area (Å²) in [5, 5.41) is 0. The van der Waals surface area contributed by atoms with E-state index in [-0.39, 0.29) is 23.4 Å². The Morgan fingerprint density at radius 1 is 1.33 bits per heavy atom. The molecule has 0 aromatic carbocycles. The van der Waals surface area contributed by atoms with Crippen LogP contribution in [-0.4, -0.2) is 12.1 Å². The lowest BCUT2D eigenvalue weighted by Crippen LogP contribution is -2.24. The Labute approximate surface area is 93.4 Å². The van der Waals surface area contributed by atoms with Gasteiger partial charge >= 0.3 is 5.97 Å². The van der Waals surface area contributed by atoms with Crippen LogP contribution in [0.5, 0.6) is 0 Å². The third-order valence-electron chi connectivity index (χ3n) is 2.91. The number of hydrogen-bond donors (Lipinski definition) is 0. The summed E-state index contributed by atoms with van der Waals surface area (Å²) < 4.78 is 5.47. The van der Waals surface area contributed by atoms with Crippen LogP contribution in [0.15, 0.2) is 0 Å². The Hall–Kier alpha value is -0.530. The molecule has 2 nitrogen and oxygen atoms in total. The lowest BCUT2D eigenvalue weighted by atomic mass is 9.90. The number of ether oxygens (including phenoxy) is 1. The maximum absolute atomic E-state index is 11.7. The number of rotatable bonds is 3. The minimum Gasteiger partial charge on any atom is -0.462 e. The predicted molar refractivity (Wildman–Crippen MR) is 61.6 cm³/mol. The molecule has 0 saturated heterocycles. The van der Waals surface area contributed by atoms with Crippen LogP contribution < -0.4 is 0 Å². The summed E-state index contributed by atoms with van der Waals surface area (Å²) in [5.41, 5.74) is 0.232. The summed E-state index contributed by atoms with van der Waals surface area (Å²) in [6.45, 7) is 8.52. The summed E-state index contributed by atoms with van der Waals surface area (Å²) in [6, 6.07) is 0. The predicted octanol–water partition coefficient (Wildman–Crippen LogP) is 3.54. The molecule has 0 N–H and O–H groups in total. The third kappa shape index (κ3) is 4.67. The lowest BCUT2D eigenvalue weighted by Gasteiger charge is -2.24. The van der Waals surface area contributed by atoms with E-state index in [1.165, 1.54) is 12.8 Å². The van der Waals surface area contributed by atoms with Gasteiger partial charge in [-0.05, 0) is 31.6 Å². The fourth-order valence-electron chi connectivity index (χ4n) is 2.36. The molecule has 0 heterocycles. The van der Waals surface area contributed by atoms with Crippen molar-refractivity contribution in [3.05, 3.63) is 0 Å². The molecule has 0 amide bonds. The molecule has 88 valence electrons. The van der Waals surface area contributed by atoms with Crippen molar-refractivity contribution >= 4 is 5.97 Å². The van der Waals surface area contributed by atoms with Crippen molar-refractivity contribution in [1.82, 2.24) is 0 Å². The van der Waals surface area contributed by atoms with E-state index in [9.17, 15) is 4.79 Å². The molecule has 1 aliphatic carbocycles. The maximum atomic E-state index is 11.7. The van der Waals surface area contributed by atoms with Gasteiger partial charge in [-0.3, -0.25) is 4.79 Å². The molecule has 0 aliphatic heterocycles. The van der Waals surface area contributed by atoms with Gasteiger partial charge < -0.3 is 4.74 Å². The molecular formula is C13H24O2. The summed E-state index contributed by atoms with van der Waals surface area (Å²) in [6.07, 6.45) is 5.42. The molecule has 2 heteroatoms. The fraction of sp³-hybridized carbons (Fsp3) is 0.923. The molecule has 0 radical (unpaired) electrons. The minimum absolute atomic E-state index is 0.0317. The fourth-order valence-corrected chi connectivity index (χ4v) is 2.36. The Kier molecular flexibility index (Phi) is 4.18. The molecule has 0 bridgehead atoms. The second kappa shape index (κ2) is 5.00. The van der Waals surface area contributed by atoms with Crippen molar-refractivity contribution in [2.45, 2.75) is 65.9 Å². The topological polar surface area (TPSA) is 26.3 Å². The maximum Gasteiger partial charge on any atom is 0.309 e. The molecule has 1 unspecified atom stereocenters. The van der Waals surface area contributed by atoms with Gasteiger partial charge in [0.2, 0.25) is 0 Å². The van der Waals surface area contributed by atoms with Crippen molar-refractivity contribution < 1.29 is 9.53 Å². The molecule has 1 fully saturated rings. The zero-order chi connectivity index (χ0) is 11.5. The molecule has 0 spiro atoms. The Morgan fingerprint density at radius 2 is 1.87 bits per heavy atom. The third-order valence-corrected chi connectivity index (χ3v) is 2.91. The van der Waals surface area contributed by atoms with Gasteiger partial charge in [0.15, 0.2) is 0 Å². The highest BCUT2D eigenvalue weighted by Crippen LogP contribution is 2.28. The highest BCUT2D eigenvalue weighted by atomic mass is 16.5. The van der Waals surface area contributed by atoms with Gasteiger partial charge in [-0.1, -0.05) is 33.6 Å². The minimum atomic E-state index is 0.0317. The van der Waals surface area contributed by atoms with Crippen LogP contribution in [0.2, 0.25) is 0 Å². The van der Waals surface area contributed by atoms with Gasteiger partial charge in [-0.25, -0.2) is 0 Å². The largest absolute Gasteiger partial charge is 0.462 e. The van der Waals surface area contributed by atoms with Crippen LogP contribution in [0, 0.1) is 11.3 Å². The monoisotopic (exact) mass is 212 g/mol. The zero-order valence-electron chi connectivity index (χ0n) is 10.5. The number of esters is 1. The van der Waals surface area contributed by atoms with E-state index in [0.29, 0.717) is 0 Å². The average molecular weight is 212 g/mol. The summed E-state index contributed by atoms with van der Waals surface area (Å²) in [7, 11) is 0. The van der Waals surface area contributed by atoms with Crippen LogP contribution in [0.4, 0.5) is 0 Å². The van der Waals surface area contributed by atoms with Gasteiger partial charge in [0, 0.05) is 0 Å². The van der Waals surface area contributed by atoms with E-state index in [1.54, 1.807) is 0 Å². The number of carbonyl (C=O) groups is 1. The Bertz CT molecular complexity index is 209. The van der Waals surface area contributed by atoms with Gasteiger partial charge in [0.05, 0.1) is 12.0 Å². The highest BCUT2D eigenvalue weighted by Gasteiger charge is 2.26. The van der Waals surface area contributed by atoms with Gasteiger partial charge in [-0.2, -0.15) is 0 Å². The van der Waals surface area contributed by atoms with Gasteiger partial charge in [0.25, 0.3) is 0 Å². The van der Waals surface area contributed by atoms with Crippen molar-refractivity contribution in [2.75, 3.05) is 0 Å². The van der Waals surface area contributed by atoms with E-state index in [4.69, 9.17) is 4.74 Å². The smallest absolute Gasteiger partial charge is 0.309 e. The van der Waals surface area contributed by atoms with E-state index in [2.05, 4.69) is 20.8 Å². The zero-order valence-corrected chi connectivity index (χ0v) is 10.5. The van der Waals surface area contributed by atoms with Crippen LogP contribution in [0.1, 0.15) is 59.8 Å². The second-order valence-electron chi connectivity index (χ2n) is 5.99. The van der Waals surface area contributed by atoms with E-state index in [1.807, 2.05) is 6.92 Å². The molecule has 15 heavy (non-hydrogen) atoms. The normalized spacial score (nSPS) is 20.3. The molecular weight excluding hydrogens is 188 g/mol. The SMILES string of the molecule is CC(CC(C)(C)C)OC(=O)C1CCCC1. The molecule has 1 rings (SSSR count). The number of hydrogen-bond acceptors (Lipinski definition) is 2. The van der Waals surface area contributed by atoms with Crippen LogP contribution in [0.25, 0.3) is 0 Å². The molecule has 0 aromatic heterocycles. The van der Waals surface area contributed by atoms with Gasteiger partial charge in [-0.15, -0.1) is 0 Å². The first-order valence-corrected chi connectivity index (χ1v) is 6.09. The summed E-state index contributed by atoms with van der Waals surface area (Å²) in [5.74, 6) is 0.219. The summed E-state index contributed by atoms with van der Waals surface area (Å²) >= 11 is 0. The first kappa shape index (κ1) is 12.5. The van der Waals surface area contributed by atoms with Crippen molar-refractivity contribution in [1.29, 1.82) is 0 Å². The van der Waals surface area contributed by atoms with Crippen LogP contribution in [-0.2, 0) is 9.53 Å². The van der Waals surface area contributed by atoms with Crippen molar-refractivity contribution in [3.63, 3.8) is 0 Å². The molecule has 0 aromatic rings. The van der Waals surface area contributed by atoms with Crippen molar-refractivity contribution in [2.24, 2.45) is 11.3 Å². The summed E-state index contributed by atoms with van der Waals surface area (Å²) in [4.78, 5) is 11.7. The standard InChI is InChI=1S/C13H24O2/c1-10(9-13(2,3)4)15-12(14)11-7-5-6-8-11/h10-11H,5-9H2,1-4H3. The van der Waals surface area contributed by atoms with E-state index in [0.717, 1.165) is 19.3 Å². The Balaban J connectivity index is 2.30. The second-order valence-corrected chi connectivity index (χ2v) is 5.99. The van der Waals surface area contributed by atoms with Crippen LogP contribution in [0.3, 0.4) is 0 Å². The number of carbonyl (C=O) groups excluding carboxylic acids is 1. The molecule has 1 atom stereocenters. The van der Waals surface area contributed by atoms with E-state index < -0.39 is 0 Å². The highest BCUT2D eigenvalue weighted by molar-refractivity contribution is 5.72. The van der Waals surface area contributed by atoms with E-state index >= 15 is 0 Å². The lowest BCUT2D eigenvalue weighted by molar-refractivity contribution is -0.154.